The fourth-order valence-corrected chi connectivity index (χ4v) is 2.33. The molecule has 2 rings (SSSR count). The largest absolute Gasteiger partial charge is 0.388 e. The molecule has 1 N–H and O–H groups in total. The van der Waals surface area contributed by atoms with Crippen molar-refractivity contribution in [1.82, 2.24) is 0 Å². The third kappa shape index (κ3) is 2.33. The molecular weight excluding hydrogens is 218 g/mol. The Morgan fingerprint density at radius 2 is 2.24 bits per heavy atom. The van der Waals surface area contributed by atoms with Crippen LogP contribution in [-0.2, 0) is 0 Å². The maximum absolute atomic E-state index is 10.9. The Bertz CT molecular complexity index is 434. The van der Waals surface area contributed by atoms with E-state index in [9.17, 15) is 10.1 Å². The van der Waals surface area contributed by atoms with Crippen LogP contribution in [-0.4, -0.2) is 24.6 Å². The second-order valence-electron chi connectivity index (χ2n) is 4.43. The van der Waals surface area contributed by atoms with E-state index in [0.29, 0.717) is 6.04 Å². The first-order chi connectivity index (χ1) is 8.11. The zero-order valence-corrected chi connectivity index (χ0v) is 10.1. The van der Waals surface area contributed by atoms with Gasteiger partial charge in [0.2, 0.25) is 0 Å². The standard InChI is InChI=1S/C12H17N3O2/c1-9-4-3-5-14(9)11-6-10(13-2)7-12(8-11)15(16)17/h6-9,13H,3-5H2,1-2H3. The summed E-state index contributed by atoms with van der Waals surface area (Å²) in [7, 11) is 1.77. The molecule has 5 nitrogen and oxygen atoms in total. The molecule has 1 atom stereocenters. The molecule has 1 aliphatic heterocycles. The van der Waals surface area contributed by atoms with Crippen LogP contribution in [0, 0.1) is 10.1 Å². The molecule has 0 bridgehead atoms. The molecule has 1 aliphatic rings. The summed E-state index contributed by atoms with van der Waals surface area (Å²) in [5.41, 5.74) is 1.87. The van der Waals surface area contributed by atoms with Gasteiger partial charge in [-0.3, -0.25) is 10.1 Å². The van der Waals surface area contributed by atoms with Gasteiger partial charge in [0.25, 0.3) is 5.69 Å². The molecule has 5 heteroatoms. The number of nitro groups is 1. The van der Waals surface area contributed by atoms with Crippen molar-refractivity contribution in [2.24, 2.45) is 0 Å². The van der Waals surface area contributed by atoms with E-state index in [-0.39, 0.29) is 10.6 Å². The lowest BCUT2D eigenvalue weighted by atomic mass is 10.2. The Morgan fingerprint density at radius 1 is 1.47 bits per heavy atom. The number of nitrogens with zero attached hydrogens (tertiary/aromatic N) is 2. The van der Waals surface area contributed by atoms with Gasteiger partial charge in [-0.15, -0.1) is 0 Å². The van der Waals surface area contributed by atoms with Crippen LogP contribution in [0.25, 0.3) is 0 Å². The van der Waals surface area contributed by atoms with Gasteiger partial charge < -0.3 is 10.2 Å². The molecule has 92 valence electrons. The third-order valence-electron chi connectivity index (χ3n) is 3.29. The second kappa shape index (κ2) is 4.61. The number of anilines is 2. The summed E-state index contributed by atoms with van der Waals surface area (Å²) in [5, 5.41) is 13.8. The van der Waals surface area contributed by atoms with Crippen molar-refractivity contribution in [3.05, 3.63) is 28.3 Å². The number of hydrogen-bond donors (Lipinski definition) is 1. The van der Waals surface area contributed by atoms with E-state index < -0.39 is 0 Å². The first-order valence-electron chi connectivity index (χ1n) is 5.85. The lowest BCUT2D eigenvalue weighted by Gasteiger charge is -2.24. The van der Waals surface area contributed by atoms with Crippen molar-refractivity contribution in [2.45, 2.75) is 25.8 Å². The van der Waals surface area contributed by atoms with E-state index in [1.165, 1.54) is 0 Å². The molecule has 0 saturated carbocycles. The molecule has 1 unspecified atom stereocenters. The predicted molar refractivity (Wildman–Crippen MR) is 68.7 cm³/mol. The van der Waals surface area contributed by atoms with Crippen LogP contribution in [0.1, 0.15) is 19.8 Å². The number of nitrogens with one attached hydrogen (secondary N) is 1. The topological polar surface area (TPSA) is 58.4 Å². The fourth-order valence-electron chi connectivity index (χ4n) is 2.33. The molecule has 17 heavy (non-hydrogen) atoms. The number of benzene rings is 1. The minimum Gasteiger partial charge on any atom is -0.388 e. The van der Waals surface area contributed by atoms with Crippen molar-refractivity contribution in [1.29, 1.82) is 0 Å². The lowest BCUT2D eigenvalue weighted by molar-refractivity contribution is -0.384. The van der Waals surface area contributed by atoms with Gasteiger partial charge >= 0.3 is 0 Å². The highest BCUT2D eigenvalue weighted by Crippen LogP contribution is 2.31. The van der Waals surface area contributed by atoms with Crippen LogP contribution in [0.3, 0.4) is 0 Å². The van der Waals surface area contributed by atoms with Crippen molar-refractivity contribution >= 4 is 17.1 Å². The molecule has 1 aromatic rings. The molecule has 0 aliphatic carbocycles. The minimum atomic E-state index is -0.342. The third-order valence-corrected chi connectivity index (χ3v) is 3.29. The summed E-state index contributed by atoms with van der Waals surface area (Å²) in [6.07, 6.45) is 2.30. The van der Waals surface area contributed by atoms with Crippen molar-refractivity contribution in [3.63, 3.8) is 0 Å². The van der Waals surface area contributed by atoms with Crippen molar-refractivity contribution in [3.8, 4) is 0 Å². The molecule has 1 heterocycles. The number of nitro benzene ring substituents is 1. The van der Waals surface area contributed by atoms with Gasteiger partial charge in [0.1, 0.15) is 0 Å². The highest BCUT2D eigenvalue weighted by atomic mass is 16.6. The van der Waals surface area contributed by atoms with Gasteiger partial charge in [0.05, 0.1) is 4.92 Å². The molecule has 1 fully saturated rings. The smallest absolute Gasteiger partial charge is 0.273 e. The number of rotatable bonds is 3. The first kappa shape index (κ1) is 11.7. The second-order valence-corrected chi connectivity index (χ2v) is 4.43. The van der Waals surface area contributed by atoms with E-state index in [4.69, 9.17) is 0 Å². The Labute approximate surface area is 101 Å². The van der Waals surface area contributed by atoms with E-state index in [1.54, 1.807) is 19.2 Å². The quantitative estimate of drug-likeness (QED) is 0.646. The van der Waals surface area contributed by atoms with Crippen LogP contribution in [0.5, 0.6) is 0 Å². The van der Waals surface area contributed by atoms with Crippen LogP contribution < -0.4 is 10.2 Å². The van der Waals surface area contributed by atoms with Gasteiger partial charge in [0.15, 0.2) is 0 Å². The molecule has 0 amide bonds. The van der Waals surface area contributed by atoms with Crippen LogP contribution in [0.2, 0.25) is 0 Å². The van der Waals surface area contributed by atoms with Crippen molar-refractivity contribution < 1.29 is 4.92 Å². The van der Waals surface area contributed by atoms with Gasteiger partial charge in [-0.05, 0) is 25.8 Å². The van der Waals surface area contributed by atoms with Gasteiger partial charge in [0, 0.05) is 43.1 Å². The summed E-state index contributed by atoms with van der Waals surface area (Å²) in [6, 6.07) is 5.64. The fraction of sp³-hybridized carbons (Fsp3) is 0.500. The molecule has 0 spiro atoms. The Hall–Kier alpha value is -1.78. The highest BCUT2D eigenvalue weighted by molar-refractivity contribution is 5.65. The average molecular weight is 235 g/mol. The SMILES string of the molecule is CNc1cc(N2CCCC2C)cc([N+](=O)[O-])c1. The van der Waals surface area contributed by atoms with E-state index >= 15 is 0 Å². The summed E-state index contributed by atoms with van der Waals surface area (Å²) in [4.78, 5) is 12.8. The normalized spacial score (nSPS) is 19.4. The summed E-state index contributed by atoms with van der Waals surface area (Å²) in [6.45, 7) is 3.14. The van der Waals surface area contributed by atoms with Crippen LogP contribution in [0.4, 0.5) is 17.1 Å². The monoisotopic (exact) mass is 235 g/mol. The molecule has 0 aromatic heterocycles. The van der Waals surface area contributed by atoms with Crippen LogP contribution in [0.15, 0.2) is 18.2 Å². The minimum absolute atomic E-state index is 0.144. The zero-order valence-electron chi connectivity index (χ0n) is 10.1. The molecule has 1 saturated heterocycles. The maximum atomic E-state index is 10.9. The van der Waals surface area contributed by atoms with Crippen LogP contribution >= 0.6 is 0 Å². The van der Waals surface area contributed by atoms with Crippen molar-refractivity contribution in [2.75, 3.05) is 23.8 Å². The van der Waals surface area contributed by atoms with Gasteiger partial charge in [-0.2, -0.15) is 0 Å². The molecular formula is C12H17N3O2. The average Bonchev–Trinajstić information content (AvgIpc) is 2.74. The summed E-state index contributed by atoms with van der Waals surface area (Å²) >= 11 is 0. The summed E-state index contributed by atoms with van der Waals surface area (Å²) in [5.74, 6) is 0. The van der Waals surface area contributed by atoms with E-state index in [1.807, 2.05) is 6.07 Å². The zero-order chi connectivity index (χ0) is 12.4. The Balaban J connectivity index is 2.38. The van der Waals surface area contributed by atoms with Gasteiger partial charge in [-0.1, -0.05) is 0 Å². The highest BCUT2D eigenvalue weighted by Gasteiger charge is 2.22. The Morgan fingerprint density at radius 3 is 2.76 bits per heavy atom. The Kier molecular flexibility index (Phi) is 3.17. The van der Waals surface area contributed by atoms with E-state index in [0.717, 1.165) is 30.8 Å². The van der Waals surface area contributed by atoms with E-state index in [2.05, 4.69) is 17.1 Å². The molecule has 1 aromatic carbocycles. The molecule has 0 radical (unpaired) electrons. The van der Waals surface area contributed by atoms with Gasteiger partial charge in [-0.25, -0.2) is 0 Å². The number of non-ortho nitro benzene ring substituents is 1. The predicted octanol–water partition coefficient (Wildman–Crippen LogP) is 2.63. The maximum Gasteiger partial charge on any atom is 0.273 e. The number of hydrogen-bond acceptors (Lipinski definition) is 4. The lowest BCUT2D eigenvalue weighted by Crippen LogP contribution is -2.26. The first-order valence-corrected chi connectivity index (χ1v) is 5.85. The summed E-state index contributed by atoms with van der Waals surface area (Å²) < 4.78 is 0.